The van der Waals surface area contributed by atoms with Crippen molar-refractivity contribution >= 4 is 17.4 Å². The van der Waals surface area contributed by atoms with Gasteiger partial charge in [0.15, 0.2) is 0 Å². The largest absolute Gasteiger partial charge is 0.508 e. The van der Waals surface area contributed by atoms with Crippen LogP contribution < -0.4 is 10.6 Å². The fourth-order valence-electron chi connectivity index (χ4n) is 1.71. The molecular weight excluding hydrogens is 285 g/mol. The van der Waals surface area contributed by atoms with Gasteiger partial charge in [-0.1, -0.05) is 18.2 Å². The van der Waals surface area contributed by atoms with Crippen LogP contribution in [0.5, 0.6) is 5.75 Å². The van der Waals surface area contributed by atoms with E-state index in [0.29, 0.717) is 0 Å². The number of hydrogen-bond acceptors (Lipinski definition) is 2. The van der Waals surface area contributed by atoms with Crippen LogP contribution in [0.4, 0.5) is 29.3 Å². The lowest BCUT2D eigenvalue weighted by Crippen LogP contribution is -2.21. The van der Waals surface area contributed by atoms with Crippen LogP contribution in [0.1, 0.15) is 5.56 Å². The summed E-state index contributed by atoms with van der Waals surface area (Å²) in [7, 11) is 0. The summed E-state index contributed by atoms with van der Waals surface area (Å²) in [5, 5.41) is 13.7. The van der Waals surface area contributed by atoms with Gasteiger partial charge in [-0.05, 0) is 24.3 Å². The summed E-state index contributed by atoms with van der Waals surface area (Å²) in [5.41, 5.74) is -1.02. The van der Waals surface area contributed by atoms with Crippen molar-refractivity contribution in [3.8, 4) is 5.75 Å². The zero-order valence-electron chi connectivity index (χ0n) is 10.6. The van der Waals surface area contributed by atoms with Crippen LogP contribution in [0.15, 0.2) is 48.5 Å². The molecule has 0 aliphatic carbocycles. The number of para-hydroxylation sites is 1. The number of hydrogen-bond donors (Lipinski definition) is 3. The van der Waals surface area contributed by atoms with Crippen LogP contribution in [0.2, 0.25) is 0 Å². The molecule has 0 spiro atoms. The molecule has 0 heterocycles. The van der Waals surface area contributed by atoms with E-state index in [0.717, 1.165) is 12.1 Å². The predicted octanol–water partition coefficient (Wildman–Crippen LogP) is 4.06. The molecule has 2 rings (SSSR count). The highest BCUT2D eigenvalue weighted by atomic mass is 19.4. The number of phenolic OH excluding ortho intramolecular Hbond substituents is 1. The molecule has 0 saturated carbocycles. The molecule has 4 nitrogen and oxygen atoms in total. The number of anilines is 2. The van der Waals surface area contributed by atoms with E-state index in [2.05, 4.69) is 10.6 Å². The molecule has 0 atom stereocenters. The summed E-state index contributed by atoms with van der Waals surface area (Å²) >= 11 is 0. The van der Waals surface area contributed by atoms with Crippen LogP contribution in [0, 0.1) is 0 Å². The van der Waals surface area contributed by atoms with Gasteiger partial charge in [0.25, 0.3) is 0 Å². The zero-order chi connectivity index (χ0) is 15.5. The van der Waals surface area contributed by atoms with Crippen molar-refractivity contribution in [1.82, 2.24) is 0 Å². The Morgan fingerprint density at radius 1 is 1.00 bits per heavy atom. The van der Waals surface area contributed by atoms with Gasteiger partial charge in [-0.25, -0.2) is 4.79 Å². The molecule has 21 heavy (non-hydrogen) atoms. The van der Waals surface area contributed by atoms with Gasteiger partial charge in [-0.2, -0.15) is 13.2 Å². The van der Waals surface area contributed by atoms with Crippen LogP contribution >= 0.6 is 0 Å². The minimum atomic E-state index is -4.56. The number of nitrogens with one attached hydrogen (secondary N) is 2. The lowest BCUT2D eigenvalue weighted by molar-refractivity contribution is -0.136. The summed E-state index contributed by atoms with van der Waals surface area (Å²) in [6.45, 7) is 0. The SMILES string of the molecule is O=C(Nc1cccc(O)c1)Nc1ccccc1C(F)(F)F. The minimum absolute atomic E-state index is 0.0662. The van der Waals surface area contributed by atoms with Gasteiger partial charge in [0, 0.05) is 11.8 Å². The van der Waals surface area contributed by atoms with Crippen molar-refractivity contribution in [2.45, 2.75) is 6.18 Å². The number of benzene rings is 2. The van der Waals surface area contributed by atoms with E-state index in [-0.39, 0.29) is 17.1 Å². The number of aromatic hydroxyl groups is 1. The molecule has 0 fully saturated rings. The van der Waals surface area contributed by atoms with E-state index in [1.165, 1.54) is 36.4 Å². The predicted molar refractivity (Wildman–Crippen MR) is 72.2 cm³/mol. The number of urea groups is 1. The van der Waals surface area contributed by atoms with Gasteiger partial charge < -0.3 is 15.7 Å². The number of phenols is 1. The Morgan fingerprint density at radius 3 is 2.38 bits per heavy atom. The lowest BCUT2D eigenvalue weighted by Gasteiger charge is -2.14. The number of alkyl halides is 3. The molecule has 0 saturated heterocycles. The average Bonchev–Trinajstić information content (AvgIpc) is 2.37. The molecule has 2 amide bonds. The number of carbonyl (C=O) groups excluding carboxylic acids is 1. The fourth-order valence-corrected chi connectivity index (χ4v) is 1.71. The minimum Gasteiger partial charge on any atom is -0.508 e. The van der Waals surface area contributed by atoms with E-state index in [9.17, 15) is 23.1 Å². The summed E-state index contributed by atoms with van der Waals surface area (Å²) in [4.78, 5) is 11.7. The van der Waals surface area contributed by atoms with Gasteiger partial charge in [-0.3, -0.25) is 0 Å². The van der Waals surface area contributed by atoms with Crippen molar-refractivity contribution in [2.75, 3.05) is 10.6 Å². The van der Waals surface area contributed by atoms with Gasteiger partial charge in [-0.15, -0.1) is 0 Å². The second-order valence-corrected chi connectivity index (χ2v) is 4.17. The molecule has 3 N–H and O–H groups in total. The van der Waals surface area contributed by atoms with Crippen molar-refractivity contribution < 1.29 is 23.1 Å². The number of amides is 2. The third-order valence-electron chi connectivity index (χ3n) is 2.58. The van der Waals surface area contributed by atoms with Crippen LogP contribution in [0.3, 0.4) is 0 Å². The van der Waals surface area contributed by atoms with Gasteiger partial charge in [0.1, 0.15) is 5.75 Å². The molecule has 7 heteroatoms. The molecule has 110 valence electrons. The van der Waals surface area contributed by atoms with E-state index < -0.39 is 17.8 Å². The molecule has 0 unspecified atom stereocenters. The highest BCUT2D eigenvalue weighted by Gasteiger charge is 2.33. The maximum Gasteiger partial charge on any atom is 0.418 e. The highest BCUT2D eigenvalue weighted by Crippen LogP contribution is 2.34. The summed E-state index contributed by atoms with van der Waals surface area (Å²) < 4.78 is 38.3. The second-order valence-electron chi connectivity index (χ2n) is 4.17. The van der Waals surface area contributed by atoms with Crippen molar-refractivity contribution in [2.24, 2.45) is 0 Å². The Hall–Kier alpha value is -2.70. The quantitative estimate of drug-likeness (QED) is 0.782. The topological polar surface area (TPSA) is 61.4 Å². The Morgan fingerprint density at radius 2 is 1.71 bits per heavy atom. The van der Waals surface area contributed by atoms with Crippen molar-refractivity contribution in [3.63, 3.8) is 0 Å². The first-order valence-electron chi connectivity index (χ1n) is 5.89. The third-order valence-corrected chi connectivity index (χ3v) is 2.58. The molecule has 0 aliphatic rings. The van der Waals surface area contributed by atoms with Gasteiger partial charge in [0.05, 0.1) is 11.3 Å². The van der Waals surface area contributed by atoms with E-state index >= 15 is 0 Å². The monoisotopic (exact) mass is 296 g/mol. The standard InChI is InChI=1S/C14H11F3N2O2/c15-14(16,17)11-6-1-2-7-12(11)19-13(21)18-9-4-3-5-10(20)8-9/h1-8,20H,(H2,18,19,21). The number of rotatable bonds is 2. The fraction of sp³-hybridized carbons (Fsp3) is 0.0714. The van der Waals surface area contributed by atoms with Crippen molar-refractivity contribution in [3.05, 3.63) is 54.1 Å². The molecule has 0 aromatic heterocycles. The average molecular weight is 296 g/mol. The summed E-state index contributed by atoms with van der Waals surface area (Å²) in [5.74, 6) is -0.0662. The number of halogens is 3. The second kappa shape index (κ2) is 5.74. The molecule has 2 aromatic carbocycles. The maximum atomic E-state index is 12.8. The highest BCUT2D eigenvalue weighted by molar-refractivity contribution is 6.00. The zero-order valence-corrected chi connectivity index (χ0v) is 10.6. The van der Waals surface area contributed by atoms with E-state index in [4.69, 9.17) is 0 Å². The number of carbonyl (C=O) groups is 1. The molecule has 0 bridgehead atoms. The smallest absolute Gasteiger partial charge is 0.418 e. The van der Waals surface area contributed by atoms with Gasteiger partial charge in [0.2, 0.25) is 0 Å². The lowest BCUT2D eigenvalue weighted by atomic mass is 10.1. The van der Waals surface area contributed by atoms with Crippen LogP contribution in [-0.2, 0) is 6.18 Å². The van der Waals surface area contributed by atoms with Crippen molar-refractivity contribution in [1.29, 1.82) is 0 Å². The Bertz CT molecular complexity index is 657. The molecule has 2 aromatic rings. The summed E-state index contributed by atoms with van der Waals surface area (Å²) in [6.07, 6.45) is -4.56. The first kappa shape index (κ1) is 14.7. The molecule has 0 radical (unpaired) electrons. The Kier molecular flexibility index (Phi) is 4.02. The van der Waals surface area contributed by atoms with E-state index in [1.807, 2.05) is 0 Å². The Labute approximate surface area is 118 Å². The molecule has 0 aliphatic heterocycles. The first-order valence-corrected chi connectivity index (χ1v) is 5.89. The van der Waals surface area contributed by atoms with Crippen LogP contribution in [-0.4, -0.2) is 11.1 Å². The first-order chi connectivity index (χ1) is 9.86. The van der Waals surface area contributed by atoms with Crippen LogP contribution in [0.25, 0.3) is 0 Å². The van der Waals surface area contributed by atoms with Gasteiger partial charge >= 0.3 is 12.2 Å². The van der Waals surface area contributed by atoms with E-state index in [1.54, 1.807) is 0 Å². The maximum absolute atomic E-state index is 12.8. The normalized spacial score (nSPS) is 11.0. The third kappa shape index (κ3) is 3.88. The molecular formula is C14H11F3N2O2. The Balaban J connectivity index is 2.14. The summed E-state index contributed by atoms with van der Waals surface area (Å²) in [6, 6.07) is 9.49.